The van der Waals surface area contributed by atoms with Gasteiger partial charge in [-0.15, -0.1) is 11.3 Å². The molecule has 9 heteroatoms. The van der Waals surface area contributed by atoms with Crippen LogP contribution in [0.5, 0.6) is 11.5 Å². The fraction of sp³-hybridized carbons (Fsp3) is 0.227. The predicted molar refractivity (Wildman–Crippen MR) is 119 cm³/mol. The van der Waals surface area contributed by atoms with Gasteiger partial charge in [-0.05, 0) is 36.8 Å². The Balaban J connectivity index is 1.26. The number of carbonyl (C=O) groups is 2. The van der Waals surface area contributed by atoms with Crippen LogP contribution in [0.4, 0.5) is 10.8 Å². The van der Waals surface area contributed by atoms with Crippen molar-refractivity contribution < 1.29 is 19.1 Å². The van der Waals surface area contributed by atoms with Gasteiger partial charge in [0.1, 0.15) is 13.2 Å². The molecule has 4 heterocycles. The van der Waals surface area contributed by atoms with Crippen LogP contribution < -0.4 is 19.7 Å². The van der Waals surface area contributed by atoms with E-state index in [-0.39, 0.29) is 11.8 Å². The van der Waals surface area contributed by atoms with E-state index in [1.54, 1.807) is 4.90 Å². The quantitative estimate of drug-likeness (QED) is 0.644. The number of aromatic nitrogens is 1. The molecule has 0 bridgehead atoms. The molecule has 1 atom stereocenters. The van der Waals surface area contributed by atoms with Gasteiger partial charge in [0, 0.05) is 22.3 Å². The van der Waals surface area contributed by atoms with Crippen molar-refractivity contribution in [2.45, 2.75) is 22.6 Å². The maximum Gasteiger partial charge on any atom is 0.263 e. The minimum atomic E-state index is -0.955. The van der Waals surface area contributed by atoms with E-state index in [0.29, 0.717) is 36.9 Å². The van der Waals surface area contributed by atoms with Gasteiger partial charge in [0.15, 0.2) is 21.5 Å². The number of thioether (sulfide) groups is 1. The lowest BCUT2D eigenvalue weighted by atomic mass is 10.1. The predicted octanol–water partition coefficient (Wildman–Crippen LogP) is 4.15. The molecule has 3 aromatic rings. The lowest BCUT2D eigenvalue weighted by molar-refractivity contribution is -0.121. The van der Waals surface area contributed by atoms with Gasteiger partial charge in [0.05, 0.1) is 11.4 Å². The molecule has 156 valence electrons. The van der Waals surface area contributed by atoms with Crippen LogP contribution in [0.2, 0.25) is 0 Å². The van der Waals surface area contributed by atoms with Gasteiger partial charge in [-0.1, -0.05) is 23.9 Å². The van der Waals surface area contributed by atoms with Crippen molar-refractivity contribution in [1.29, 1.82) is 0 Å². The third-order valence-corrected chi connectivity index (χ3v) is 7.82. The summed E-state index contributed by atoms with van der Waals surface area (Å²) in [6.45, 7) is 1.06. The van der Waals surface area contributed by atoms with Gasteiger partial charge < -0.3 is 9.47 Å². The zero-order valence-electron chi connectivity index (χ0n) is 16.3. The summed E-state index contributed by atoms with van der Waals surface area (Å²) in [5.74, 6) is 1.18. The van der Waals surface area contributed by atoms with Gasteiger partial charge >= 0.3 is 0 Å². The molecule has 2 aromatic carbocycles. The van der Waals surface area contributed by atoms with Crippen LogP contribution in [0, 0.1) is 0 Å². The molecule has 0 spiro atoms. The van der Waals surface area contributed by atoms with Crippen molar-refractivity contribution >= 4 is 45.7 Å². The second kappa shape index (κ2) is 7.00. The normalized spacial score (nSPS) is 21.0. The summed E-state index contributed by atoms with van der Waals surface area (Å²) in [5.41, 5.74) is 2.44. The van der Waals surface area contributed by atoms with Crippen LogP contribution in [0.15, 0.2) is 52.7 Å². The van der Waals surface area contributed by atoms with Crippen LogP contribution in [-0.2, 0) is 9.59 Å². The Bertz CT molecular complexity index is 1230. The molecule has 6 rings (SSSR count). The number of fused-ring (bicyclic) bond motifs is 4. The lowest BCUT2D eigenvalue weighted by Gasteiger charge is -2.29. The maximum atomic E-state index is 13.4. The average molecular weight is 452 g/mol. The molecule has 0 saturated carbocycles. The highest BCUT2D eigenvalue weighted by Gasteiger charge is 2.57. The highest BCUT2D eigenvalue weighted by atomic mass is 32.2. The minimum Gasteiger partial charge on any atom is -0.486 e. The number of benzene rings is 2. The molecule has 0 unspecified atom stereocenters. The summed E-state index contributed by atoms with van der Waals surface area (Å²) < 4.78 is 11.2. The van der Waals surface area contributed by atoms with E-state index in [1.165, 1.54) is 23.1 Å². The van der Waals surface area contributed by atoms with E-state index in [0.717, 1.165) is 27.6 Å². The zero-order valence-corrected chi connectivity index (χ0v) is 17.9. The van der Waals surface area contributed by atoms with Crippen molar-refractivity contribution in [3.05, 3.63) is 47.8 Å². The number of thiazole rings is 1. The molecule has 31 heavy (non-hydrogen) atoms. The first-order valence-electron chi connectivity index (χ1n) is 9.92. The largest absolute Gasteiger partial charge is 0.486 e. The maximum absolute atomic E-state index is 13.4. The Labute approximate surface area is 186 Å². The highest BCUT2D eigenvalue weighted by Crippen LogP contribution is 2.56. The molecule has 2 amide bonds. The Hall–Kier alpha value is -3.04. The fourth-order valence-corrected chi connectivity index (χ4v) is 6.29. The molecule has 3 aliphatic heterocycles. The molecular formula is C22H17N3O4S2. The molecule has 1 aromatic heterocycles. The molecule has 1 fully saturated rings. The zero-order chi connectivity index (χ0) is 21.0. The van der Waals surface area contributed by atoms with E-state index in [4.69, 9.17) is 9.47 Å². The lowest BCUT2D eigenvalue weighted by Crippen LogP contribution is -2.49. The van der Waals surface area contributed by atoms with Crippen molar-refractivity contribution in [2.75, 3.05) is 23.4 Å². The third-order valence-electron chi connectivity index (χ3n) is 5.59. The van der Waals surface area contributed by atoms with Crippen LogP contribution in [0.1, 0.15) is 12.8 Å². The Kier molecular flexibility index (Phi) is 4.22. The van der Waals surface area contributed by atoms with Gasteiger partial charge in [-0.25, -0.2) is 4.98 Å². The number of amides is 2. The first-order valence-corrected chi connectivity index (χ1v) is 11.6. The summed E-state index contributed by atoms with van der Waals surface area (Å²) in [6.07, 6.45) is 0.826. The van der Waals surface area contributed by atoms with Crippen LogP contribution in [0.25, 0.3) is 11.3 Å². The Morgan fingerprint density at radius 2 is 1.97 bits per heavy atom. The topological polar surface area (TPSA) is 80.8 Å². The van der Waals surface area contributed by atoms with E-state index in [9.17, 15) is 9.59 Å². The fourth-order valence-electron chi connectivity index (χ4n) is 4.16. The molecule has 1 N–H and O–H groups in total. The molecule has 1 saturated heterocycles. The van der Waals surface area contributed by atoms with Gasteiger partial charge in [0.2, 0.25) is 5.91 Å². The molecular weight excluding hydrogens is 434 g/mol. The van der Waals surface area contributed by atoms with E-state index in [2.05, 4.69) is 10.3 Å². The second-order valence-corrected chi connectivity index (χ2v) is 9.61. The monoisotopic (exact) mass is 451 g/mol. The number of carbonyl (C=O) groups excluding carboxylic acids is 2. The number of hydrogen-bond donors (Lipinski definition) is 1. The van der Waals surface area contributed by atoms with E-state index >= 15 is 0 Å². The standard InChI is InChI=1S/C22H17N3O4S2/c26-19-7-8-22(25(19)15-3-1-2-4-18(15)31-22)20(27)24-21-23-14(12-30-21)13-5-6-16-17(11-13)29-10-9-28-16/h1-6,11-12H,7-10H2,(H,23,24,27)/t22-/m1/s1. The molecule has 0 radical (unpaired) electrons. The van der Waals surface area contributed by atoms with Gasteiger partial charge in [0.25, 0.3) is 5.91 Å². The smallest absolute Gasteiger partial charge is 0.263 e. The van der Waals surface area contributed by atoms with E-state index in [1.807, 2.05) is 47.8 Å². The Morgan fingerprint density at radius 3 is 2.87 bits per heavy atom. The minimum absolute atomic E-state index is 0.0243. The third kappa shape index (κ3) is 2.91. The average Bonchev–Trinajstić information content (AvgIpc) is 3.48. The van der Waals surface area contributed by atoms with Gasteiger partial charge in [-0.3, -0.25) is 19.8 Å². The first kappa shape index (κ1) is 18.7. The number of ether oxygens (including phenoxy) is 2. The molecule has 0 aliphatic carbocycles. The van der Waals surface area contributed by atoms with Crippen molar-refractivity contribution in [3.63, 3.8) is 0 Å². The Morgan fingerprint density at radius 1 is 1.13 bits per heavy atom. The van der Waals surface area contributed by atoms with Crippen molar-refractivity contribution in [3.8, 4) is 22.8 Å². The summed E-state index contributed by atoms with van der Waals surface area (Å²) in [5, 5.41) is 5.35. The SMILES string of the molecule is O=C1CC[C@]2(C(=O)Nc3nc(-c4ccc5c(c4)OCCO5)cs3)Sc3ccccc3N12. The number of hydrogen-bond acceptors (Lipinski definition) is 7. The van der Waals surface area contributed by atoms with Crippen LogP contribution >= 0.6 is 23.1 Å². The van der Waals surface area contributed by atoms with Crippen molar-refractivity contribution in [1.82, 2.24) is 4.98 Å². The molecule has 7 nitrogen and oxygen atoms in total. The summed E-state index contributed by atoms with van der Waals surface area (Å²) >= 11 is 2.80. The van der Waals surface area contributed by atoms with Crippen LogP contribution in [0.3, 0.4) is 0 Å². The molecule has 3 aliphatic rings. The summed E-state index contributed by atoms with van der Waals surface area (Å²) in [7, 11) is 0. The number of para-hydroxylation sites is 1. The number of nitrogens with zero attached hydrogens (tertiary/aromatic N) is 2. The number of anilines is 2. The number of nitrogens with one attached hydrogen (secondary N) is 1. The summed E-state index contributed by atoms with van der Waals surface area (Å²) in [4.78, 5) is 32.2. The van der Waals surface area contributed by atoms with E-state index < -0.39 is 4.87 Å². The second-order valence-electron chi connectivity index (χ2n) is 7.43. The number of rotatable bonds is 3. The summed E-state index contributed by atoms with van der Waals surface area (Å²) in [6, 6.07) is 13.3. The highest BCUT2D eigenvalue weighted by molar-refractivity contribution is 8.02. The van der Waals surface area contributed by atoms with Crippen LogP contribution in [-0.4, -0.2) is 34.9 Å². The van der Waals surface area contributed by atoms with Gasteiger partial charge in [-0.2, -0.15) is 0 Å². The first-order chi connectivity index (χ1) is 15.1. The van der Waals surface area contributed by atoms with Crippen molar-refractivity contribution in [2.24, 2.45) is 0 Å².